The van der Waals surface area contributed by atoms with Crippen LogP contribution in [0.3, 0.4) is 0 Å². The van der Waals surface area contributed by atoms with Crippen LogP contribution in [-0.4, -0.2) is 41.7 Å². The Morgan fingerprint density at radius 2 is 1.71 bits per heavy atom. The van der Waals surface area contributed by atoms with Gasteiger partial charge in [-0.15, -0.1) is 0 Å². The third kappa shape index (κ3) is 4.39. The van der Waals surface area contributed by atoms with Crippen molar-refractivity contribution in [3.05, 3.63) is 58.4 Å². The molecule has 2 fully saturated rings. The number of anilines is 1. The Balaban J connectivity index is 1.63. The summed E-state index contributed by atoms with van der Waals surface area (Å²) in [7, 11) is -4.04. The van der Waals surface area contributed by atoms with Crippen LogP contribution in [0.4, 0.5) is 18.9 Å². The molecule has 2 aromatic rings. The average molecular weight is 517 g/mol. The molecule has 12 heteroatoms. The molecule has 0 aromatic heterocycles. The van der Waals surface area contributed by atoms with Gasteiger partial charge in [0.15, 0.2) is 27.3 Å². The fourth-order valence-corrected chi connectivity index (χ4v) is 7.97. The highest BCUT2D eigenvalue weighted by atomic mass is 35.5. The van der Waals surface area contributed by atoms with E-state index in [1.807, 2.05) is 0 Å². The third-order valence-electron chi connectivity index (χ3n) is 6.47. The zero-order valence-corrected chi connectivity index (χ0v) is 19.1. The highest BCUT2D eigenvalue weighted by molar-refractivity contribution is 7.92. The molecular formula is C22H20ClF3N2O5S. The van der Waals surface area contributed by atoms with E-state index < -0.39 is 55.9 Å². The summed E-state index contributed by atoms with van der Waals surface area (Å²) in [5.74, 6) is -6.37. The van der Waals surface area contributed by atoms with Crippen molar-refractivity contribution in [2.45, 2.75) is 41.4 Å². The predicted octanol–water partition coefficient (Wildman–Crippen LogP) is 4.16. The van der Waals surface area contributed by atoms with E-state index in [1.165, 1.54) is 12.1 Å². The predicted molar refractivity (Wildman–Crippen MR) is 117 cm³/mol. The molecule has 0 spiro atoms. The molecule has 2 aliphatic carbocycles. The van der Waals surface area contributed by atoms with E-state index in [9.17, 15) is 31.5 Å². The zero-order chi connectivity index (χ0) is 24.8. The Bertz CT molecular complexity index is 1250. The zero-order valence-electron chi connectivity index (χ0n) is 17.5. The number of benzene rings is 2. The number of carbonyl (C=O) groups is 1. The van der Waals surface area contributed by atoms with E-state index in [-0.39, 0.29) is 34.0 Å². The summed E-state index contributed by atoms with van der Waals surface area (Å²) in [5.41, 5.74) is -1.89. The number of carbonyl (C=O) groups excluding carboxylic acids is 1. The van der Waals surface area contributed by atoms with Gasteiger partial charge in [-0.1, -0.05) is 16.8 Å². The van der Waals surface area contributed by atoms with Gasteiger partial charge in [0.05, 0.1) is 21.4 Å². The molecule has 2 bridgehead atoms. The average Bonchev–Trinajstić information content (AvgIpc) is 3.05. The monoisotopic (exact) mass is 516 g/mol. The maximum Gasteiger partial charge on any atom is 0.255 e. The number of amides is 1. The standard InChI is InChI=1S/C22H20ClF3N2O5S/c23-15-4-3-11(21(29)28-14-6-16(24)19(26)17(25)7-14)5-18(15)34(32,33)20-12-1-2-13(20)9-22(30,8-12)10-27-31/h3-7,10,12-13,20,30-31H,1-2,8-9H2,(H,28,29)/b27-10+/t12-,13?,20+,22+/m0/s1. The Morgan fingerprint density at radius 1 is 1.12 bits per heavy atom. The third-order valence-corrected chi connectivity index (χ3v) is 9.35. The van der Waals surface area contributed by atoms with Crippen molar-refractivity contribution in [2.24, 2.45) is 17.0 Å². The molecule has 4 atom stereocenters. The molecule has 2 aliphatic rings. The first-order valence-corrected chi connectivity index (χ1v) is 12.3. The summed E-state index contributed by atoms with van der Waals surface area (Å²) in [4.78, 5) is 12.4. The Morgan fingerprint density at radius 3 is 2.26 bits per heavy atom. The largest absolute Gasteiger partial charge is 0.411 e. The van der Waals surface area contributed by atoms with Gasteiger partial charge < -0.3 is 15.6 Å². The summed E-state index contributed by atoms with van der Waals surface area (Å²) < 4.78 is 67.2. The molecule has 2 aromatic carbocycles. The van der Waals surface area contributed by atoms with Crippen LogP contribution in [0.2, 0.25) is 5.02 Å². The van der Waals surface area contributed by atoms with E-state index in [1.54, 1.807) is 0 Å². The van der Waals surface area contributed by atoms with E-state index >= 15 is 0 Å². The number of hydrogen-bond donors (Lipinski definition) is 3. The summed E-state index contributed by atoms with van der Waals surface area (Å²) >= 11 is 6.19. The van der Waals surface area contributed by atoms with Crippen LogP contribution in [0.5, 0.6) is 0 Å². The highest BCUT2D eigenvalue weighted by Gasteiger charge is 2.54. The van der Waals surface area contributed by atoms with Crippen molar-refractivity contribution >= 4 is 39.2 Å². The normalized spacial score (nSPS) is 26.7. The number of nitrogens with one attached hydrogen (secondary N) is 1. The molecule has 3 N–H and O–H groups in total. The van der Waals surface area contributed by atoms with Gasteiger partial charge in [-0.3, -0.25) is 4.79 Å². The Labute approximate surface area is 198 Å². The van der Waals surface area contributed by atoms with Gasteiger partial charge in [0.1, 0.15) is 5.60 Å². The number of hydrogen-bond acceptors (Lipinski definition) is 6. The first-order chi connectivity index (χ1) is 15.9. The SMILES string of the molecule is O=C(Nc1cc(F)c(F)c(F)c1)c1ccc(Cl)c(S(=O)(=O)[C@H]2C3CC[C@H]2C[C@](O)(/C=N/O)C3)c1. The van der Waals surface area contributed by atoms with Crippen LogP contribution in [-0.2, 0) is 9.84 Å². The van der Waals surface area contributed by atoms with E-state index in [4.69, 9.17) is 16.8 Å². The number of fused-ring (bicyclic) bond motifs is 2. The van der Waals surface area contributed by atoms with Crippen LogP contribution in [0.1, 0.15) is 36.0 Å². The van der Waals surface area contributed by atoms with Crippen LogP contribution in [0, 0.1) is 29.3 Å². The molecule has 34 heavy (non-hydrogen) atoms. The smallest absolute Gasteiger partial charge is 0.255 e. The van der Waals surface area contributed by atoms with Crippen molar-refractivity contribution < 1.29 is 36.7 Å². The maximum atomic E-state index is 13.6. The number of halogens is 4. The van der Waals surface area contributed by atoms with Gasteiger partial charge in [-0.25, -0.2) is 21.6 Å². The van der Waals surface area contributed by atoms with Crippen molar-refractivity contribution in [3.8, 4) is 0 Å². The second-order valence-corrected chi connectivity index (χ2v) is 11.2. The first-order valence-electron chi connectivity index (χ1n) is 10.4. The molecule has 0 heterocycles. The fourth-order valence-electron chi connectivity index (χ4n) is 5.13. The molecule has 4 rings (SSSR count). The van der Waals surface area contributed by atoms with Crippen molar-refractivity contribution in [1.29, 1.82) is 0 Å². The van der Waals surface area contributed by atoms with Crippen LogP contribution < -0.4 is 5.32 Å². The van der Waals surface area contributed by atoms with Gasteiger partial charge in [0.2, 0.25) is 0 Å². The number of aliphatic hydroxyl groups is 1. The number of nitrogens with zero attached hydrogens (tertiary/aromatic N) is 1. The van der Waals surface area contributed by atoms with Crippen molar-refractivity contribution in [3.63, 3.8) is 0 Å². The minimum Gasteiger partial charge on any atom is -0.411 e. The minimum atomic E-state index is -4.04. The molecule has 7 nitrogen and oxygen atoms in total. The van der Waals surface area contributed by atoms with Gasteiger partial charge in [-0.2, -0.15) is 0 Å². The molecule has 0 radical (unpaired) electrons. The van der Waals surface area contributed by atoms with Crippen LogP contribution >= 0.6 is 11.6 Å². The lowest BCUT2D eigenvalue weighted by molar-refractivity contribution is 0.0454. The Hall–Kier alpha value is -2.63. The van der Waals surface area contributed by atoms with Gasteiger partial charge >= 0.3 is 0 Å². The number of sulfone groups is 1. The minimum absolute atomic E-state index is 0.0942. The van der Waals surface area contributed by atoms with Crippen LogP contribution in [0.25, 0.3) is 0 Å². The molecule has 2 saturated carbocycles. The summed E-state index contributed by atoms with van der Waals surface area (Å²) in [6.07, 6.45) is 2.30. The Kier molecular flexibility index (Phi) is 6.38. The molecule has 182 valence electrons. The van der Waals surface area contributed by atoms with Gasteiger partial charge in [0, 0.05) is 23.4 Å². The summed E-state index contributed by atoms with van der Waals surface area (Å²) in [6.45, 7) is 0. The molecular weight excluding hydrogens is 497 g/mol. The highest BCUT2D eigenvalue weighted by Crippen LogP contribution is 2.51. The van der Waals surface area contributed by atoms with E-state index in [0.717, 1.165) is 12.3 Å². The van der Waals surface area contributed by atoms with Gasteiger partial charge in [0.25, 0.3) is 5.91 Å². The molecule has 1 unspecified atom stereocenters. The fraction of sp³-hybridized carbons (Fsp3) is 0.364. The molecule has 0 saturated heterocycles. The van der Waals surface area contributed by atoms with Gasteiger partial charge in [-0.05, 0) is 55.7 Å². The first kappa shape index (κ1) is 24.5. The lowest BCUT2D eigenvalue weighted by Crippen LogP contribution is -2.47. The van der Waals surface area contributed by atoms with Crippen molar-refractivity contribution in [2.75, 3.05) is 5.32 Å². The van der Waals surface area contributed by atoms with Crippen molar-refractivity contribution in [1.82, 2.24) is 0 Å². The number of oxime groups is 1. The lowest BCUT2D eigenvalue weighted by Gasteiger charge is -2.38. The summed E-state index contributed by atoms with van der Waals surface area (Å²) in [5, 5.41) is 23.6. The van der Waals surface area contributed by atoms with E-state index in [2.05, 4.69) is 10.5 Å². The topological polar surface area (TPSA) is 116 Å². The number of rotatable bonds is 5. The van der Waals surface area contributed by atoms with E-state index in [0.29, 0.717) is 25.0 Å². The lowest BCUT2D eigenvalue weighted by atomic mass is 9.78. The second-order valence-electron chi connectivity index (χ2n) is 8.72. The quantitative estimate of drug-likeness (QED) is 0.239. The molecule has 0 aliphatic heterocycles. The second kappa shape index (κ2) is 8.86. The summed E-state index contributed by atoms with van der Waals surface area (Å²) in [6, 6.07) is 4.76. The maximum absolute atomic E-state index is 13.6. The molecule has 1 amide bonds. The van der Waals surface area contributed by atoms with Crippen LogP contribution in [0.15, 0.2) is 40.4 Å².